The first-order valence-corrected chi connectivity index (χ1v) is 7.79. The molecule has 106 valence electrons. The first kappa shape index (κ1) is 14.7. The minimum Gasteiger partial charge on any atom is -0.387 e. The van der Waals surface area contributed by atoms with Gasteiger partial charge in [0.2, 0.25) is 10.0 Å². The van der Waals surface area contributed by atoms with E-state index in [4.69, 9.17) is 0 Å². The van der Waals surface area contributed by atoms with Crippen molar-refractivity contribution in [2.45, 2.75) is 24.0 Å². The zero-order valence-corrected chi connectivity index (χ0v) is 11.9. The van der Waals surface area contributed by atoms with Gasteiger partial charge < -0.3 is 5.11 Å². The fraction of sp³-hybridized carbons (Fsp3) is 0.200. The molecule has 2 aromatic rings. The second-order valence-corrected chi connectivity index (χ2v) is 6.29. The van der Waals surface area contributed by atoms with Crippen LogP contribution >= 0.6 is 0 Å². The van der Waals surface area contributed by atoms with Crippen LogP contribution in [0.1, 0.15) is 18.6 Å². The highest BCUT2D eigenvalue weighted by Gasteiger charge is 2.23. The molecule has 0 aliphatic heterocycles. The van der Waals surface area contributed by atoms with Crippen molar-refractivity contribution in [3.8, 4) is 0 Å². The van der Waals surface area contributed by atoms with Crippen molar-refractivity contribution in [1.29, 1.82) is 0 Å². The van der Waals surface area contributed by atoms with E-state index in [9.17, 15) is 13.5 Å². The van der Waals surface area contributed by atoms with Crippen molar-refractivity contribution in [2.75, 3.05) is 0 Å². The Morgan fingerprint density at radius 3 is 2.00 bits per heavy atom. The lowest BCUT2D eigenvalue weighted by molar-refractivity contribution is 0.146. The molecule has 2 rings (SSSR count). The van der Waals surface area contributed by atoms with Gasteiger partial charge in [-0.05, 0) is 24.6 Å². The molecule has 20 heavy (non-hydrogen) atoms. The zero-order chi connectivity index (χ0) is 14.6. The predicted octanol–water partition coefficient (Wildman–Crippen LogP) is 2.09. The monoisotopic (exact) mass is 291 g/mol. The number of benzene rings is 2. The summed E-state index contributed by atoms with van der Waals surface area (Å²) in [5.74, 6) is 0. The number of nitrogens with one attached hydrogen (secondary N) is 1. The first-order valence-electron chi connectivity index (χ1n) is 6.31. The third-order valence-corrected chi connectivity index (χ3v) is 4.58. The number of sulfonamides is 1. The Bertz CT molecular complexity index is 641. The van der Waals surface area contributed by atoms with E-state index in [0.717, 1.165) is 0 Å². The second kappa shape index (κ2) is 6.17. The molecule has 0 bridgehead atoms. The van der Waals surface area contributed by atoms with Crippen LogP contribution in [0, 0.1) is 0 Å². The van der Waals surface area contributed by atoms with Gasteiger partial charge in [0.25, 0.3) is 0 Å². The van der Waals surface area contributed by atoms with E-state index in [1.165, 1.54) is 12.1 Å². The molecule has 5 heteroatoms. The SMILES string of the molecule is C[C@@H](NS(=O)(=O)c1ccccc1)[C@@H](O)c1ccccc1. The lowest BCUT2D eigenvalue weighted by atomic mass is 10.0. The van der Waals surface area contributed by atoms with Gasteiger partial charge in [0, 0.05) is 6.04 Å². The van der Waals surface area contributed by atoms with E-state index in [1.54, 1.807) is 49.4 Å². The first-order chi connectivity index (χ1) is 9.50. The van der Waals surface area contributed by atoms with Gasteiger partial charge in [0.15, 0.2) is 0 Å². The van der Waals surface area contributed by atoms with E-state index in [-0.39, 0.29) is 4.90 Å². The number of hydrogen-bond donors (Lipinski definition) is 2. The number of rotatable bonds is 5. The van der Waals surface area contributed by atoms with E-state index in [1.807, 2.05) is 6.07 Å². The molecular formula is C15H17NO3S. The molecule has 0 unspecified atom stereocenters. The van der Waals surface area contributed by atoms with Crippen LogP contribution in [0.25, 0.3) is 0 Å². The quantitative estimate of drug-likeness (QED) is 0.886. The summed E-state index contributed by atoms with van der Waals surface area (Å²) in [6.07, 6.45) is -0.894. The van der Waals surface area contributed by atoms with Crippen molar-refractivity contribution < 1.29 is 13.5 Å². The average molecular weight is 291 g/mol. The summed E-state index contributed by atoms with van der Waals surface area (Å²) in [6.45, 7) is 1.64. The Morgan fingerprint density at radius 2 is 1.45 bits per heavy atom. The molecule has 0 saturated heterocycles. The molecule has 0 aliphatic carbocycles. The Balaban J connectivity index is 2.14. The topological polar surface area (TPSA) is 66.4 Å². The van der Waals surface area contributed by atoms with Crippen LogP contribution in [-0.2, 0) is 10.0 Å². The summed E-state index contributed by atoms with van der Waals surface area (Å²) < 4.78 is 26.8. The van der Waals surface area contributed by atoms with Gasteiger partial charge in [0.05, 0.1) is 11.0 Å². The van der Waals surface area contributed by atoms with Crippen molar-refractivity contribution >= 4 is 10.0 Å². The van der Waals surface area contributed by atoms with E-state index < -0.39 is 22.2 Å². The van der Waals surface area contributed by atoms with Gasteiger partial charge in [-0.1, -0.05) is 48.5 Å². The van der Waals surface area contributed by atoms with Gasteiger partial charge >= 0.3 is 0 Å². The maximum Gasteiger partial charge on any atom is 0.240 e. The molecule has 0 amide bonds. The minimum absolute atomic E-state index is 0.187. The lowest BCUT2D eigenvalue weighted by Crippen LogP contribution is -2.37. The third-order valence-electron chi connectivity index (χ3n) is 3.01. The van der Waals surface area contributed by atoms with Gasteiger partial charge in [-0.25, -0.2) is 13.1 Å². The highest BCUT2D eigenvalue weighted by molar-refractivity contribution is 7.89. The Hall–Kier alpha value is -1.69. The second-order valence-electron chi connectivity index (χ2n) is 4.58. The molecule has 0 aliphatic rings. The standard InChI is InChI=1S/C15H17NO3S/c1-12(15(17)13-8-4-2-5-9-13)16-20(18,19)14-10-6-3-7-11-14/h2-12,15-17H,1H3/t12-,15-/m1/s1. The molecule has 0 aromatic heterocycles. The smallest absolute Gasteiger partial charge is 0.240 e. The van der Waals surface area contributed by atoms with Crippen molar-refractivity contribution in [1.82, 2.24) is 4.72 Å². The van der Waals surface area contributed by atoms with Crippen LogP contribution in [-0.4, -0.2) is 19.6 Å². The average Bonchev–Trinajstić information content (AvgIpc) is 2.48. The van der Waals surface area contributed by atoms with Gasteiger partial charge in [-0.2, -0.15) is 0 Å². The molecular weight excluding hydrogens is 274 g/mol. The Kier molecular flexibility index (Phi) is 4.54. The highest BCUT2D eigenvalue weighted by atomic mass is 32.2. The van der Waals surface area contributed by atoms with Crippen molar-refractivity contribution in [3.05, 3.63) is 66.2 Å². The predicted molar refractivity (Wildman–Crippen MR) is 77.6 cm³/mol. The molecule has 2 atom stereocenters. The molecule has 0 radical (unpaired) electrons. The summed E-state index contributed by atoms with van der Waals surface area (Å²) in [6, 6.07) is 16.5. The van der Waals surface area contributed by atoms with E-state index in [2.05, 4.69) is 4.72 Å². The Morgan fingerprint density at radius 1 is 0.950 bits per heavy atom. The van der Waals surface area contributed by atoms with Gasteiger partial charge in [-0.3, -0.25) is 0 Å². The maximum absolute atomic E-state index is 12.2. The number of aliphatic hydroxyl groups excluding tert-OH is 1. The van der Waals surface area contributed by atoms with Crippen LogP contribution in [0.3, 0.4) is 0 Å². The molecule has 0 fully saturated rings. The highest BCUT2D eigenvalue weighted by Crippen LogP contribution is 2.18. The number of aliphatic hydroxyl groups is 1. The summed E-state index contributed by atoms with van der Waals surface area (Å²) in [7, 11) is -3.62. The summed E-state index contributed by atoms with van der Waals surface area (Å²) in [5, 5.41) is 10.2. The molecule has 2 aromatic carbocycles. The minimum atomic E-state index is -3.62. The van der Waals surface area contributed by atoms with Crippen molar-refractivity contribution in [2.24, 2.45) is 0 Å². The fourth-order valence-corrected chi connectivity index (χ4v) is 3.19. The van der Waals surface area contributed by atoms with Crippen LogP contribution < -0.4 is 4.72 Å². The Labute approximate surface area is 119 Å². The molecule has 0 heterocycles. The lowest BCUT2D eigenvalue weighted by Gasteiger charge is -2.20. The third kappa shape index (κ3) is 3.45. The normalized spacial score (nSPS) is 14.7. The van der Waals surface area contributed by atoms with Crippen LogP contribution in [0.4, 0.5) is 0 Å². The van der Waals surface area contributed by atoms with Crippen molar-refractivity contribution in [3.63, 3.8) is 0 Å². The van der Waals surface area contributed by atoms with Gasteiger partial charge in [-0.15, -0.1) is 0 Å². The maximum atomic E-state index is 12.2. The van der Waals surface area contributed by atoms with Crippen LogP contribution in [0.5, 0.6) is 0 Å². The largest absolute Gasteiger partial charge is 0.387 e. The summed E-state index contributed by atoms with van der Waals surface area (Å²) in [4.78, 5) is 0.187. The van der Waals surface area contributed by atoms with Crippen LogP contribution in [0.2, 0.25) is 0 Å². The van der Waals surface area contributed by atoms with E-state index >= 15 is 0 Å². The van der Waals surface area contributed by atoms with Crippen LogP contribution in [0.15, 0.2) is 65.6 Å². The molecule has 2 N–H and O–H groups in total. The molecule has 0 saturated carbocycles. The van der Waals surface area contributed by atoms with E-state index in [0.29, 0.717) is 5.56 Å². The zero-order valence-electron chi connectivity index (χ0n) is 11.1. The molecule has 0 spiro atoms. The summed E-state index contributed by atoms with van der Waals surface area (Å²) >= 11 is 0. The summed E-state index contributed by atoms with van der Waals surface area (Å²) in [5.41, 5.74) is 0.677. The molecule has 4 nitrogen and oxygen atoms in total. The number of hydrogen-bond acceptors (Lipinski definition) is 3. The van der Waals surface area contributed by atoms with Gasteiger partial charge in [0.1, 0.15) is 0 Å². The fourth-order valence-electron chi connectivity index (χ4n) is 1.92.